The van der Waals surface area contributed by atoms with Crippen LogP contribution in [0.2, 0.25) is 10.2 Å². The number of amides is 1. The van der Waals surface area contributed by atoms with E-state index in [-0.39, 0.29) is 11.1 Å². The van der Waals surface area contributed by atoms with Crippen LogP contribution in [0.15, 0.2) is 30.5 Å². The molecular formula is C13H9Cl2IN2O. The minimum Gasteiger partial charge on any atom is -0.319 e. The Morgan fingerprint density at radius 2 is 2.05 bits per heavy atom. The van der Waals surface area contributed by atoms with E-state index < -0.39 is 0 Å². The Kier molecular flexibility index (Phi) is 4.65. The molecule has 2 rings (SSSR count). The summed E-state index contributed by atoms with van der Waals surface area (Å²) in [6.45, 7) is 1.85. The number of benzene rings is 1. The standard InChI is InChI=1S/C13H9Cl2IN2O/c1-7-4-5-17-12(15)11(7)18-13(19)8-2-3-10(16)9(14)6-8/h2-6H,1H3,(H,18,19). The van der Waals surface area contributed by atoms with Crippen LogP contribution in [0.25, 0.3) is 0 Å². The number of aryl methyl sites for hydroxylation is 1. The number of halogens is 3. The Bertz CT molecular complexity index is 626. The fraction of sp³-hybridized carbons (Fsp3) is 0.0769. The molecule has 0 radical (unpaired) electrons. The van der Waals surface area contributed by atoms with Gasteiger partial charge in [-0.05, 0) is 59.3 Å². The van der Waals surface area contributed by atoms with Crippen LogP contribution >= 0.6 is 45.8 Å². The average Bonchev–Trinajstić information content (AvgIpc) is 2.37. The molecule has 0 aliphatic rings. The van der Waals surface area contributed by atoms with E-state index >= 15 is 0 Å². The van der Waals surface area contributed by atoms with Crippen molar-refractivity contribution in [3.05, 3.63) is 55.3 Å². The Morgan fingerprint density at radius 3 is 2.68 bits per heavy atom. The summed E-state index contributed by atoms with van der Waals surface area (Å²) in [5.41, 5.74) is 1.85. The highest BCUT2D eigenvalue weighted by molar-refractivity contribution is 14.1. The number of hydrogen-bond donors (Lipinski definition) is 1. The first-order valence-corrected chi connectivity index (χ1v) is 7.20. The lowest BCUT2D eigenvalue weighted by molar-refractivity contribution is 0.102. The molecule has 0 saturated heterocycles. The summed E-state index contributed by atoms with van der Waals surface area (Å²) in [5, 5.41) is 3.56. The Hall–Kier alpha value is -0.850. The number of carbonyl (C=O) groups excluding carboxylic acids is 1. The lowest BCUT2D eigenvalue weighted by atomic mass is 10.2. The molecule has 0 atom stereocenters. The molecule has 1 heterocycles. The zero-order chi connectivity index (χ0) is 14.0. The molecule has 1 amide bonds. The van der Waals surface area contributed by atoms with Gasteiger partial charge in [-0.1, -0.05) is 23.2 Å². The van der Waals surface area contributed by atoms with E-state index in [9.17, 15) is 4.79 Å². The summed E-state index contributed by atoms with van der Waals surface area (Å²) in [5.74, 6) is -0.267. The maximum absolute atomic E-state index is 12.1. The molecule has 0 bridgehead atoms. The number of pyridine rings is 1. The maximum Gasteiger partial charge on any atom is 0.255 e. The predicted octanol–water partition coefficient (Wildman–Crippen LogP) is 4.55. The van der Waals surface area contributed by atoms with Crippen molar-refractivity contribution >= 4 is 57.4 Å². The zero-order valence-electron chi connectivity index (χ0n) is 9.88. The number of nitrogens with zero attached hydrogens (tertiary/aromatic N) is 1. The van der Waals surface area contributed by atoms with E-state index in [0.29, 0.717) is 16.3 Å². The number of anilines is 1. The van der Waals surface area contributed by atoms with Crippen LogP contribution in [0.3, 0.4) is 0 Å². The van der Waals surface area contributed by atoms with Crippen LogP contribution in [0.4, 0.5) is 5.69 Å². The van der Waals surface area contributed by atoms with E-state index in [1.807, 2.05) is 6.92 Å². The van der Waals surface area contributed by atoms with Gasteiger partial charge in [-0.25, -0.2) is 4.98 Å². The second kappa shape index (κ2) is 6.07. The minimum absolute atomic E-state index is 0.267. The molecule has 0 unspecified atom stereocenters. The van der Waals surface area contributed by atoms with Gasteiger partial charge >= 0.3 is 0 Å². The summed E-state index contributed by atoms with van der Waals surface area (Å²) in [6.07, 6.45) is 1.59. The number of carbonyl (C=O) groups is 1. The fourth-order valence-electron chi connectivity index (χ4n) is 1.50. The number of aromatic nitrogens is 1. The first kappa shape index (κ1) is 14.6. The third kappa shape index (κ3) is 3.38. The number of hydrogen-bond acceptors (Lipinski definition) is 2. The molecule has 1 N–H and O–H groups in total. The molecule has 3 nitrogen and oxygen atoms in total. The van der Waals surface area contributed by atoms with Gasteiger partial charge in [0.25, 0.3) is 5.91 Å². The Balaban J connectivity index is 2.28. The minimum atomic E-state index is -0.267. The van der Waals surface area contributed by atoms with Crippen molar-refractivity contribution in [2.75, 3.05) is 5.32 Å². The smallest absolute Gasteiger partial charge is 0.255 e. The van der Waals surface area contributed by atoms with Crippen molar-refractivity contribution in [3.8, 4) is 0 Å². The van der Waals surface area contributed by atoms with Gasteiger partial charge in [0.05, 0.1) is 10.7 Å². The van der Waals surface area contributed by atoms with Crippen molar-refractivity contribution in [2.24, 2.45) is 0 Å². The molecule has 0 aliphatic heterocycles. The normalized spacial score (nSPS) is 10.3. The third-order valence-electron chi connectivity index (χ3n) is 2.53. The Morgan fingerprint density at radius 1 is 1.32 bits per heavy atom. The van der Waals surface area contributed by atoms with E-state index in [1.54, 1.807) is 30.5 Å². The SMILES string of the molecule is Cc1ccnc(Cl)c1NC(=O)c1ccc(I)c(Cl)c1. The van der Waals surface area contributed by atoms with Gasteiger partial charge in [-0.3, -0.25) is 4.79 Å². The van der Waals surface area contributed by atoms with Crippen LogP contribution in [0.1, 0.15) is 15.9 Å². The third-order valence-corrected chi connectivity index (χ3v) is 4.39. The van der Waals surface area contributed by atoms with Gasteiger partial charge in [-0.2, -0.15) is 0 Å². The monoisotopic (exact) mass is 406 g/mol. The van der Waals surface area contributed by atoms with Gasteiger partial charge < -0.3 is 5.32 Å². The number of rotatable bonds is 2. The average molecular weight is 407 g/mol. The van der Waals surface area contributed by atoms with Gasteiger partial charge in [-0.15, -0.1) is 0 Å². The second-order valence-corrected chi connectivity index (χ2v) is 5.80. The fourth-order valence-corrected chi connectivity index (χ4v) is 2.27. The van der Waals surface area contributed by atoms with Gasteiger partial charge in [0, 0.05) is 15.3 Å². The molecule has 19 heavy (non-hydrogen) atoms. The lowest BCUT2D eigenvalue weighted by Gasteiger charge is -2.09. The van der Waals surface area contributed by atoms with Gasteiger partial charge in [0.1, 0.15) is 0 Å². The molecule has 0 fully saturated rings. The zero-order valence-corrected chi connectivity index (χ0v) is 13.5. The number of nitrogens with one attached hydrogen (secondary N) is 1. The molecule has 0 saturated carbocycles. The van der Waals surface area contributed by atoms with Gasteiger partial charge in [0.2, 0.25) is 0 Å². The second-order valence-electron chi connectivity index (χ2n) is 3.88. The largest absolute Gasteiger partial charge is 0.319 e. The van der Waals surface area contributed by atoms with Crippen LogP contribution in [-0.4, -0.2) is 10.9 Å². The van der Waals surface area contributed by atoms with E-state index in [4.69, 9.17) is 23.2 Å². The van der Waals surface area contributed by atoms with Gasteiger partial charge in [0.15, 0.2) is 5.15 Å². The summed E-state index contributed by atoms with van der Waals surface area (Å²) in [6, 6.07) is 6.90. The maximum atomic E-state index is 12.1. The topological polar surface area (TPSA) is 42.0 Å². The molecule has 0 aliphatic carbocycles. The molecule has 2 aromatic rings. The molecule has 6 heteroatoms. The van der Waals surface area contributed by atoms with Crippen LogP contribution in [0.5, 0.6) is 0 Å². The van der Waals surface area contributed by atoms with Crippen molar-refractivity contribution in [1.29, 1.82) is 0 Å². The quantitative estimate of drug-likeness (QED) is 0.587. The molecule has 1 aromatic heterocycles. The van der Waals surface area contributed by atoms with Crippen molar-refractivity contribution in [3.63, 3.8) is 0 Å². The van der Waals surface area contributed by atoms with Crippen LogP contribution < -0.4 is 5.32 Å². The highest BCUT2D eigenvalue weighted by Gasteiger charge is 2.12. The van der Waals surface area contributed by atoms with Crippen LogP contribution in [-0.2, 0) is 0 Å². The lowest BCUT2D eigenvalue weighted by Crippen LogP contribution is -2.13. The van der Waals surface area contributed by atoms with Crippen molar-refractivity contribution in [1.82, 2.24) is 4.98 Å². The molecular weight excluding hydrogens is 398 g/mol. The Labute approximate surface area is 134 Å². The molecule has 1 aromatic carbocycles. The van der Waals surface area contributed by atoms with E-state index in [0.717, 1.165) is 9.13 Å². The first-order chi connectivity index (χ1) is 8.99. The highest BCUT2D eigenvalue weighted by atomic mass is 127. The van der Waals surface area contributed by atoms with Crippen LogP contribution in [0, 0.1) is 10.5 Å². The van der Waals surface area contributed by atoms with Crippen molar-refractivity contribution < 1.29 is 4.79 Å². The highest BCUT2D eigenvalue weighted by Crippen LogP contribution is 2.24. The first-order valence-electron chi connectivity index (χ1n) is 5.36. The molecule has 0 spiro atoms. The predicted molar refractivity (Wildman–Crippen MR) is 86.1 cm³/mol. The molecule has 98 valence electrons. The summed E-state index contributed by atoms with van der Waals surface area (Å²) in [7, 11) is 0. The van der Waals surface area contributed by atoms with E-state index in [2.05, 4.69) is 32.9 Å². The summed E-state index contributed by atoms with van der Waals surface area (Å²) in [4.78, 5) is 16.1. The summed E-state index contributed by atoms with van der Waals surface area (Å²) >= 11 is 14.1. The van der Waals surface area contributed by atoms with Crippen molar-refractivity contribution in [2.45, 2.75) is 6.92 Å². The summed E-state index contributed by atoms with van der Waals surface area (Å²) < 4.78 is 0.895. The van der Waals surface area contributed by atoms with E-state index in [1.165, 1.54) is 0 Å².